The summed E-state index contributed by atoms with van der Waals surface area (Å²) in [5, 5.41) is 8.48. The van der Waals surface area contributed by atoms with Crippen molar-refractivity contribution >= 4 is 0 Å². The molecule has 0 atom stereocenters. The van der Waals surface area contributed by atoms with Crippen LogP contribution in [0.2, 0.25) is 0 Å². The van der Waals surface area contributed by atoms with E-state index in [1.54, 1.807) is 6.07 Å². The van der Waals surface area contributed by atoms with Gasteiger partial charge in [0, 0.05) is 6.61 Å². The third kappa shape index (κ3) is 8.36. The molecule has 2 saturated carbocycles. The molecule has 2 nitrogen and oxygen atoms in total. The van der Waals surface area contributed by atoms with Crippen molar-refractivity contribution in [2.24, 2.45) is 11.8 Å². The van der Waals surface area contributed by atoms with Crippen LogP contribution in [0.5, 0.6) is 0 Å². The summed E-state index contributed by atoms with van der Waals surface area (Å²) in [6, 6.07) is 11.0. The Kier molecular flexibility index (Phi) is 10.8. The monoisotopic (exact) mass is 439 g/mol. The molecule has 32 heavy (non-hydrogen) atoms. The number of rotatable bonds is 11. The van der Waals surface area contributed by atoms with Crippen molar-refractivity contribution in [1.29, 1.82) is 5.26 Å². The van der Waals surface area contributed by atoms with E-state index in [2.05, 4.69) is 31.2 Å². The summed E-state index contributed by atoms with van der Waals surface area (Å²) in [5.74, 6) is 1.46. The Morgan fingerprint density at radius 2 is 1.69 bits per heavy atom. The second kappa shape index (κ2) is 13.8. The van der Waals surface area contributed by atoms with Crippen molar-refractivity contribution in [3.8, 4) is 6.07 Å². The zero-order chi connectivity index (χ0) is 22.6. The second-order valence-electron chi connectivity index (χ2n) is 10.1. The van der Waals surface area contributed by atoms with E-state index in [1.165, 1.54) is 81.4 Å². The molecule has 0 heterocycles. The SMILES string of the molecule is CCCCCc1ccc([C@H]2CC[C@H](CO[C@H]3CC[C@H](CCC=C(F)C#N)CC3)CC2)cc1. The van der Waals surface area contributed by atoms with Crippen LogP contribution in [-0.4, -0.2) is 12.7 Å². The van der Waals surface area contributed by atoms with Crippen LogP contribution in [-0.2, 0) is 11.2 Å². The average Bonchev–Trinajstić information content (AvgIpc) is 2.84. The van der Waals surface area contributed by atoms with Crippen LogP contribution in [0.25, 0.3) is 0 Å². The van der Waals surface area contributed by atoms with Gasteiger partial charge < -0.3 is 4.74 Å². The summed E-state index contributed by atoms with van der Waals surface area (Å²) in [6.07, 6.45) is 18.4. The van der Waals surface area contributed by atoms with E-state index in [1.807, 2.05) is 0 Å². The summed E-state index contributed by atoms with van der Waals surface area (Å²) < 4.78 is 19.2. The van der Waals surface area contributed by atoms with Gasteiger partial charge in [0.2, 0.25) is 0 Å². The Labute approximate surface area is 195 Å². The zero-order valence-corrected chi connectivity index (χ0v) is 20.0. The minimum absolute atomic E-state index is 0.413. The highest BCUT2D eigenvalue weighted by atomic mass is 19.1. The lowest BCUT2D eigenvalue weighted by atomic mass is 9.78. The van der Waals surface area contributed by atoms with Gasteiger partial charge in [0.1, 0.15) is 6.07 Å². The van der Waals surface area contributed by atoms with Gasteiger partial charge in [-0.15, -0.1) is 0 Å². The first-order valence-electron chi connectivity index (χ1n) is 13.1. The first kappa shape index (κ1) is 25.0. The van der Waals surface area contributed by atoms with E-state index in [0.29, 0.717) is 18.4 Å². The highest BCUT2D eigenvalue weighted by Gasteiger charge is 2.25. The van der Waals surface area contributed by atoms with E-state index in [0.717, 1.165) is 37.7 Å². The number of unbranched alkanes of at least 4 members (excludes halogenated alkanes) is 2. The number of aryl methyl sites for hydroxylation is 1. The topological polar surface area (TPSA) is 33.0 Å². The van der Waals surface area contributed by atoms with Gasteiger partial charge in [0.25, 0.3) is 0 Å². The molecule has 0 aromatic heterocycles. The number of nitriles is 1. The lowest BCUT2D eigenvalue weighted by molar-refractivity contribution is -0.00824. The molecule has 0 saturated heterocycles. The van der Waals surface area contributed by atoms with E-state index in [4.69, 9.17) is 10.00 Å². The molecule has 0 radical (unpaired) electrons. The lowest BCUT2D eigenvalue weighted by Gasteiger charge is -2.32. The van der Waals surface area contributed by atoms with Crippen molar-refractivity contribution in [3.63, 3.8) is 0 Å². The summed E-state index contributed by atoms with van der Waals surface area (Å²) >= 11 is 0. The highest BCUT2D eigenvalue weighted by Crippen LogP contribution is 2.37. The highest BCUT2D eigenvalue weighted by molar-refractivity contribution is 5.26. The van der Waals surface area contributed by atoms with E-state index in [-0.39, 0.29) is 0 Å². The van der Waals surface area contributed by atoms with Crippen LogP contribution in [0.4, 0.5) is 4.39 Å². The number of ether oxygens (including phenoxy) is 1. The smallest absolute Gasteiger partial charge is 0.196 e. The Hall–Kier alpha value is -1.66. The molecule has 1 aromatic rings. The Bertz CT molecular complexity index is 719. The van der Waals surface area contributed by atoms with Gasteiger partial charge in [0.15, 0.2) is 5.83 Å². The van der Waals surface area contributed by atoms with Crippen molar-refractivity contribution in [3.05, 3.63) is 47.3 Å². The normalized spacial score (nSPS) is 26.6. The molecule has 3 heteroatoms. The van der Waals surface area contributed by atoms with Gasteiger partial charge in [-0.1, -0.05) is 44.0 Å². The van der Waals surface area contributed by atoms with Gasteiger partial charge in [-0.2, -0.15) is 9.65 Å². The summed E-state index contributed by atoms with van der Waals surface area (Å²) in [7, 11) is 0. The van der Waals surface area contributed by atoms with Crippen LogP contribution in [0.3, 0.4) is 0 Å². The predicted molar refractivity (Wildman–Crippen MR) is 130 cm³/mol. The summed E-state index contributed by atoms with van der Waals surface area (Å²) in [6.45, 7) is 3.19. The molecule has 0 spiro atoms. The molecular formula is C29H42FNO. The average molecular weight is 440 g/mol. The molecule has 0 N–H and O–H groups in total. The maximum atomic E-state index is 12.9. The van der Waals surface area contributed by atoms with Gasteiger partial charge >= 0.3 is 0 Å². The Morgan fingerprint density at radius 1 is 1.00 bits per heavy atom. The standard InChI is InChI=1S/C29H42FNO/c1-2-3-4-6-23-9-15-26(16-10-23)27-17-11-25(12-18-27)22-32-29-19-13-24(14-20-29)7-5-8-28(30)21-31/h8-10,15-16,24-25,27,29H,2-7,11-14,17-20,22H2,1H3/t24-,25-,27-,29-. The lowest BCUT2D eigenvalue weighted by Crippen LogP contribution is -2.25. The second-order valence-corrected chi connectivity index (χ2v) is 10.1. The first-order valence-corrected chi connectivity index (χ1v) is 13.1. The van der Waals surface area contributed by atoms with Crippen LogP contribution in [0, 0.1) is 23.2 Å². The van der Waals surface area contributed by atoms with Gasteiger partial charge in [-0.05, 0) is 112 Å². The van der Waals surface area contributed by atoms with Crippen molar-refractivity contribution in [2.45, 2.75) is 109 Å². The molecule has 2 aliphatic carbocycles. The maximum Gasteiger partial charge on any atom is 0.196 e. The molecule has 3 rings (SSSR count). The van der Waals surface area contributed by atoms with E-state index in [9.17, 15) is 4.39 Å². The van der Waals surface area contributed by atoms with Crippen molar-refractivity contribution in [1.82, 2.24) is 0 Å². The largest absolute Gasteiger partial charge is 0.378 e. The maximum absolute atomic E-state index is 12.9. The van der Waals surface area contributed by atoms with Gasteiger partial charge in [-0.25, -0.2) is 0 Å². The van der Waals surface area contributed by atoms with Crippen LogP contribution in [0.1, 0.15) is 107 Å². The number of hydrogen-bond donors (Lipinski definition) is 0. The molecule has 2 aliphatic rings. The minimum atomic E-state index is -0.642. The predicted octanol–water partition coefficient (Wildman–Crippen LogP) is 8.43. The third-order valence-electron chi connectivity index (χ3n) is 7.73. The van der Waals surface area contributed by atoms with Crippen LogP contribution >= 0.6 is 0 Å². The fourth-order valence-electron chi connectivity index (χ4n) is 5.55. The Balaban J connectivity index is 1.29. The number of halogens is 1. The zero-order valence-electron chi connectivity index (χ0n) is 20.0. The quantitative estimate of drug-likeness (QED) is 0.256. The van der Waals surface area contributed by atoms with Crippen molar-refractivity contribution < 1.29 is 9.13 Å². The third-order valence-corrected chi connectivity index (χ3v) is 7.73. The van der Waals surface area contributed by atoms with Crippen LogP contribution in [0.15, 0.2) is 36.2 Å². The fourth-order valence-corrected chi connectivity index (χ4v) is 5.55. The van der Waals surface area contributed by atoms with E-state index < -0.39 is 5.83 Å². The molecular weight excluding hydrogens is 397 g/mol. The summed E-state index contributed by atoms with van der Waals surface area (Å²) in [4.78, 5) is 0. The number of allylic oxidation sites excluding steroid dienone is 2. The molecule has 176 valence electrons. The van der Waals surface area contributed by atoms with E-state index >= 15 is 0 Å². The first-order chi connectivity index (χ1) is 15.7. The number of benzene rings is 1. The number of hydrogen-bond acceptors (Lipinski definition) is 2. The van der Waals surface area contributed by atoms with Crippen molar-refractivity contribution in [2.75, 3.05) is 6.61 Å². The Morgan fingerprint density at radius 3 is 2.34 bits per heavy atom. The molecule has 0 aliphatic heterocycles. The molecule has 0 unspecified atom stereocenters. The van der Waals surface area contributed by atoms with Crippen LogP contribution < -0.4 is 0 Å². The molecule has 0 bridgehead atoms. The van der Waals surface area contributed by atoms with Gasteiger partial charge in [-0.3, -0.25) is 0 Å². The molecule has 0 amide bonds. The number of nitrogens with zero attached hydrogens (tertiary/aromatic N) is 1. The molecule has 1 aromatic carbocycles. The fraction of sp³-hybridized carbons (Fsp3) is 0.690. The molecule has 2 fully saturated rings. The summed E-state index contributed by atoms with van der Waals surface area (Å²) in [5.41, 5.74) is 3.02. The van der Waals surface area contributed by atoms with Gasteiger partial charge in [0.05, 0.1) is 6.10 Å². The minimum Gasteiger partial charge on any atom is -0.378 e.